The molecule has 3 rings (SSSR count). The van der Waals surface area contributed by atoms with Crippen molar-refractivity contribution >= 4 is 11.7 Å². The highest BCUT2D eigenvalue weighted by atomic mass is 16.5. The third-order valence-electron chi connectivity index (χ3n) is 3.72. The lowest BCUT2D eigenvalue weighted by atomic mass is 10.1. The number of aromatic amines is 1. The summed E-state index contributed by atoms with van der Waals surface area (Å²) in [7, 11) is 1.66. The fraction of sp³-hybridized carbons (Fsp3) is 0.222. The van der Waals surface area contributed by atoms with Crippen LogP contribution < -0.4 is 4.74 Å². The van der Waals surface area contributed by atoms with Crippen LogP contribution in [0.5, 0.6) is 5.75 Å². The summed E-state index contributed by atoms with van der Waals surface area (Å²) in [5.74, 6) is 0.884. The molecule has 0 aliphatic heterocycles. The number of carbonyl (C=O) groups is 2. The van der Waals surface area contributed by atoms with Crippen molar-refractivity contribution in [3.63, 3.8) is 0 Å². The molecule has 2 heterocycles. The molecule has 0 saturated heterocycles. The first kappa shape index (κ1) is 17.4. The predicted octanol–water partition coefficient (Wildman–Crippen LogP) is 2.45. The average molecular weight is 354 g/mol. The first-order chi connectivity index (χ1) is 12.5. The maximum Gasteiger partial charge on any atom is 0.274 e. The molecule has 0 atom stereocenters. The number of ketones is 1. The van der Waals surface area contributed by atoms with Crippen LogP contribution >= 0.6 is 0 Å². The normalized spacial score (nSPS) is 10.5. The van der Waals surface area contributed by atoms with E-state index in [1.54, 1.807) is 43.4 Å². The van der Waals surface area contributed by atoms with E-state index in [2.05, 4.69) is 15.4 Å². The van der Waals surface area contributed by atoms with Crippen LogP contribution in [0.3, 0.4) is 0 Å². The SMILES string of the molecule is CC(=O)c1cccc(OCc2cc(C(=O)N(C)Cc3ccno3)n[nH]2)c1. The fourth-order valence-electron chi connectivity index (χ4n) is 2.34. The number of hydrogen-bond donors (Lipinski definition) is 1. The van der Waals surface area contributed by atoms with Crippen molar-refractivity contribution in [2.24, 2.45) is 0 Å². The van der Waals surface area contributed by atoms with Crippen molar-refractivity contribution in [1.82, 2.24) is 20.3 Å². The lowest BCUT2D eigenvalue weighted by molar-refractivity contribution is 0.0766. The number of nitrogens with one attached hydrogen (secondary N) is 1. The third-order valence-corrected chi connectivity index (χ3v) is 3.72. The molecule has 3 aromatic rings. The minimum absolute atomic E-state index is 0.0281. The number of amides is 1. The van der Waals surface area contributed by atoms with Crippen molar-refractivity contribution in [2.45, 2.75) is 20.1 Å². The molecule has 0 radical (unpaired) electrons. The van der Waals surface area contributed by atoms with Crippen molar-refractivity contribution in [3.05, 3.63) is 65.3 Å². The van der Waals surface area contributed by atoms with Crippen LogP contribution in [0.1, 0.15) is 39.2 Å². The van der Waals surface area contributed by atoms with Gasteiger partial charge in [-0.05, 0) is 25.1 Å². The molecule has 2 aromatic heterocycles. The van der Waals surface area contributed by atoms with Crippen molar-refractivity contribution in [3.8, 4) is 5.75 Å². The zero-order valence-electron chi connectivity index (χ0n) is 14.4. The van der Waals surface area contributed by atoms with Gasteiger partial charge in [-0.2, -0.15) is 5.10 Å². The Bertz CT molecular complexity index is 902. The number of H-pyrrole nitrogens is 1. The molecule has 26 heavy (non-hydrogen) atoms. The molecule has 0 fully saturated rings. The van der Waals surface area contributed by atoms with Gasteiger partial charge in [-0.15, -0.1) is 0 Å². The number of nitrogens with zero attached hydrogens (tertiary/aromatic N) is 3. The topological polar surface area (TPSA) is 101 Å². The van der Waals surface area contributed by atoms with Crippen molar-refractivity contribution in [2.75, 3.05) is 7.05 Å². The number of hydrogen-bond acceptors (Lipinski definition) is 6. The summed E-state index contributed by atoms with van der Waals surface area (Å²) in [6.07, 6.45) is 1.53. The number of carbonyl (C=O) groups excluding carboxylic acids is 2. The van der Waals surface area contributed by atoms with Crippen LogP contribution in [0.15, 0.2) is 47.1 Å². The second-order valence-electron chi connectivity index (χ2n) is 5.79. The van der Waals surface area contributed by atoms with Gasteiger partial charge in [0, 0.05) is 18.7 Å². The van der Waals surface area contributed by atoms with E-state index in [4.69, 9.17) is 9.26 Å². The first-order valence-corrected chi connectivity index (χ1v) is 7.96. The van der Waals surface area contributed by atoms with Crippen molar-refractivity contribution in [1.29, 1.82) is 0 Å². The number of aromatic nitrogens is 3. The van der Waals surface area contributed by atoms with Gasteiger partial charge in [-0.25, -0.2) is 0 Å². The molecule has 1 amide bonds. The Morgan fingerprint density at radius 1 is 1.27 bits per heavy atom. The molecular weight excluding hydrogens is 336 g/mol. The molecule has 134 valence electrons. The number of benzene rings is 1. The molecule has 1 N–H and O–H groups in total. The summed E-state index contributed by atoms with van der Waals surface area (Å²) >= 11 is 0. The molecule has 1 aromatic carbocycles. The van der Waals surface area contributed by atoms with E-state index >= 15 is 0 Å². The Morgan fingerprint density at radius 2 is 2.12 bits per heavy atom. The lowest BCUT2D eigenvalue weighted by Crippen LogP contribution is -2.26. The number of Topliss-reactive ketones (excluding diaryl/α,β-unsaturated/α-hetero) is 1. The van der Waals surface area contributed by atoms with Crippen molar-refractivity contribution < 1.29 is 18.8 Å². The maximum atomic E-state index is 12.4. The van der Waals surface area contributed by atoms with Gasteiger partial charge in [0.2, 0.25) is 0 Å². The average Bonchev–Trinajstić information content (AvgIpc) is 3.31. The number of ether oxygens (including phenoxy) is 1. The number of rotatable bonds is 7. The van der Waals surface area contributed by atoms with Crippen LogP contribution in [0, 0.1) is 0 Å². The van der Waals surface area contributed by atoms with Crippen LogP contribution in [-0.2, 0) is 13.2 Å². The molecule has 8 nitrogen and oxygen atoms in total. The Labute approximate surface area is 149 Å². The molecule has 8 heteroatoms. The van der Waals surface area contributed by atoms with Gasteiger partial charge >= 0.3 is 0 Å². The quantitative estimate of drug-likeness (QED) is 0.654. The Kier molecular flexibility index (Phi) is 5.12. The molecular formula is C18H18N4O4. The van der Waals surface area contributed by atoms with Crippen LogP contribution in [0.25, 0.3) is 0 Å². The summed E-state index contributed by atoms with van der Waals surface area (Å²) in [5.41, 5.74) is 1.51. The molecule has 0 saturated carbocycles. The lowest BCUT2D eigenvalue weighted by Gasteiger charge is -2.13. The molecule has 0 aliphatic carbocycles. The predicted molar refractivity (Wildman–Crippen MR) is 91.7 cm³/mol. The van der Waals surface area contributed by atoms with E-state index in [9.17, 15) is 9.59 Å². The van der Waals surface area contributed by atoms with E-state index in [0.29, 0.717) is 29.3 Å². The van der Waals surface area contributed by atoms with Gasteiger partial charge < -0.3 is 14.2 Å². The van der Waals surface area contributed by atoms with E-state index in [1.165, 1.54) is 18.0 Å². The summed E-state index contributed by atoms with van der Waals surface area (Å²) in [5, 5.41) is 10.4. The molecule has 0 bridgehead atoms. The summed E-state index contributed by atoms with van der Waals surface area (Å²) < 4.78 is 10.6. The third kappa shape index (κ3) is 4.15. The summed E-state index contributed by atoms with van der Waals surface area (Å²) in [6.45, 7) is 2.00. The van der Waals surface area contributed by atoms with Crippen LogP contribution in [0.2, 0.25) is 0 Å². The minimum Gasteiger partial charge on any atom is -0.487 e. The van der Waals surface area contributed by atoms with Crippen LogP contribution in [-0.4, -0.2) is 39.0 Å². The first-order valence-electron chi connectivity index (χ1n) is 7.96. The molecule has 0 spiro atoms. The Balaban J connectivity index is 1.60. The van der Waals surface area contributed by atoms with Gasteiger partial charge in [0.1, 0.15) is 12.4 Å². The monoisotopic (exact) mass is 354 g/mol. The maximum absolute atomic E-state index is 12.4. The van der Waals surface area contributed by atoms with Crippen LogP contribution in [0.4, 0.5) is 0 Å². The zero-order valence-corrected chi connectivity index (χ0v) is 14.4. The van der Waals surface area contributed by atoms with Gasteiger partial charge in [0.15, 0.2) is 17.2 Å². The minimum atomic E-state index is -0.248. The Hall–Kier alpha value is -3.42. The second-order valence-corrected chi connectivity index (χ2v) is 5.79. The molecule has 0 aliphatic rings. The van der Waals surface area contributed by atoms with E-state index in [0.717, 1.165) is 0 Å². The summed E-state index contributed by atoms with van der Waals surface area (Å²) in [4.78, 5) is 25.3. The molecule has 0 unspecified atom stereocenters. The highest BCUT2D eigenvalue weighted by Gasteiger charge is 2.17. The highest BCUT2D eigenvalue weighted by Crippen LogP contribution is 2.16. The van der Waals surface area contributed by atoms with Gasteiger partial charge in [0.25, 0.3) is 5.91 Å². The van der Waals surface area contributed by atoms with E-state index in [1.807, 2.05) is 0 Å². The van der Waals surface area contributed by atoms with Gasteiger partial charge in [-0.3, -0.25) is 14.7 Å². The second kappa shape index (κ2) is 7.64. The van der Waals surface area contributed by atoms with E-state index in [-0.39, 0.29) is 24.0 Å². The summed E-state index contributed by atoms with van der Waals surface area (Å²) in [6, 6.07) is 10.3. The standard InChI is InChI=1S/C18H18N4O4/c1-12(23)13-4-3-5-15(8-13)25-11-14-9-17(21-20-14)18(24)22(2)10-16-6-7-19-26-16/h3-9H,10-11H2,1-2H3,(H,20,21). The van der Waals surface area contributed by atoms with E-state index < -0.39 is 0 Å². The Morgan fingerprint density at radius 3 is 2.85 bits per heavy atom. The smallest absolute Gasteiger partial charge is 0.274 e. The largest absolute Gasteiger partial charge is 0.487 e. The fourth-order valence-corrected chi connectivity index (χ4v) is 2.34. The van der Waals surface area contributed by atoms with Gasteiger partial charge in [-0.1, -0.05) is 17.3 Å². The zero-order chi connectivity index (χ0) is 18.5. The highest BCUT2D eigenvalue weighted by molar-refractivity contribution is 5.94. The van der Waals surface area contributed by atoms with Gasteiger partial charge in [0.05, 0.1) is 18.4 Å².